The molecule has 8 heteroatoms. The van der Waals surface area contributed by atoms with Crippen molar-refractivity contribution < 1.29 is 19.3 Å². The minimum atomic E-state index is -0.982. The molecule has 2 aromatic carbocycles. The van der Waals surface area contributed by atoms with E-state index in [0.717, 1.165) is 5.56 Å². The predicted molar refractivity (Wildman–Crippen MR) is 119 cm³/mol. The average molecular weight is 445 g/mol. The lowest BCUT2D eigenvalue weighted by Crippen LogP contribution is -2.28. The van der Waals surface area contributed by atoms with Crippen molar-refractivity contribution in [2.45, 2.75) is 25.9 Å². The number of hydrogen-bond acceptors (Lipinski definition) is 6. The van der Waals surface area contributed by atoms with Gasteiger partial charge in [0.15, 0.2) is 11.5 Å². The maximum absolute atomic E-state index is 12.9. The second kappa shape index (κ2) is 9.85. The fourth-order valence-electron chi connectivity index (χ4n) is 2.79. The number of rotatable bonds is 9. The number of benzene rings is 2. The van der Waals surface area contributed by atoms with E-state index in [2.05, 4.69) is 4.98 Å². The fraction of sp³-hybridized carbons (Fsp3) is 0.304. The lowest BCUT2D eigenvalue weighted by Gasteiger charge is -2.19. The molecule has 3 aromatic rings. The standard InChI is InChI=1S/C23H25ClN2O5/c1-23(2,28)15-31-19-9-8-18(14-20(19)29-3)26-12-11-25-21(22(26)27)30-13-10-16-4-6-17(24)7-5-16/h4-9,11-12,14,28H,10,13,15H2,1-3H3. The summed E-state index contributed by atoms with van der Waals surface area (Å²) in [7, 11) is 1.51. The van der Waals surface area contributed by atoms with E-state index < -0.39 is 5.60 Å². The van der Waals surface area contributed by atoms with Crippen LogP contribution in [0.15, 0.2) is 59.7 Å². The van der Waals surface area contributed by atoms with Crippen LogP contribution in [0.3, 0.4) is 0 Å². The van der Waals surface area contributed by atoms with Crippen molar-refractivity contribution >= 4 is 11.6 Å². The number of halogens is 1. The third-order valence-electron chi connectivity index (χ3n) is 4.36. The molecule has 0 aliphatic heterocycles. The topological polar surface area (TPSA) is 82.8 Å². The molecule has 0 saturated heterocycles. The Bertz CT molecular complexity index is 1070. The van der Waals surface area contributed by atoms with E-state index >= 15 is 0 Å². The second-order valence-electron chi connectivity index (χ2n) is 7.57. The Labute approximate surface area is 185 Å². The molecule has 0 fully saturated rings. The Morgan fingerprint density at radius 2 is 1.84 bits per heavy atom. The second-order valence-corrected chi connectivity index (χ2v) is 8.01. The molecule has 3 rings (SSSR count). The minimum absolute atomic E-state index is 0.0118. The van der Waals surface area contributed by atoms with Crippen LogP contribution < -0.4 is 19.8 Å². The molecule has 1 N–H and O–H groups in total. The summed E-state index contributed by atoms with van der Waals surface area (Å²) in [5, 5.41) is 10.5. The molecule has 0 radical (unpaired) electrons. The lowest BCUT2D eigenvalue weighted by atomic mass is 10.2. The minimum Gasteiger partial charge on any atom is -0.493 e. The highest BCUT2D eigenvalue weighted by Crippen LogP contribution is 2.30. The van der Waals surface area contributed by atoms with Crippen molar-refractivity contribution in [3.63, 3.8) is 0 Å². The molecule has 0 bridgehead atoms. The Hall–Kier alpha value is -3.03. The molecule has 0 saturated carbocycles. The highest BCUT2D eigenvalue weighted by molar-refractivity contribution is 6.30. The summed E-state index contributed by atoms with van der Waals surface area (Å²) >= 11 is 5.89. The predicted octanol–water partition coefficient (Wildman–Crippen LogP) is 3.67. The Morgan fingerprint density at radius 3 is 2.52 bits per heavy atom. The van der Waals surface area contributed by atoms with Gasteiger partial charge in [-0.3, -0.25) is 9.36 Å². The monoisotopic (exact) mass is 444 g/mol. The first-order valence-electron chi connectivity index (χ1n) is 9.75. The van der Waals surface area contributed by atoms with Gasteiger partial charge in [-0.15, -0.1) is 0 Å². The molecule has 7 nitrogen and oxygen atoms in total. The lowest BCUT2D eigenvalue weighted by molar-refractivity contribution is 0.0276. The van der Waals surface area contributed by atoms with Gasteiger partial charge in [-0.05, 0) is 43.7 Å². The molecule has 0 spiro atoms. The van der Waals surface area contributed by atoms with Crippen LogP contribution >= 0.6 is 11.6 Å². The van der Waals surface area contributed by atoms with Crippen molar-refractivity contribution in [2.75, 3.05) is 20.3 Å². The van der Waals surface area contributed by atoms with Gasteiger partial charge in [-0.25, -0.2) is 4.98 Å². The first-order valence-corrected chi connectivity index (χ1v) is 10.1. The summed E-state index contributed by atoms with van der Waals surface area (Å²) in [6.45, 7) is 3.71. The number of hydrogen-bond donors (Lipinski definition) is 1. The van der Waals surface area contributed by atoms with Crippen molar-refractivity contribution in [3.05, 3.63) is 75.8 Å². The van der Waals surface area contributed by atoms with Gasteiger partial charge in [-0.2, -0.15) is 0 Å². The van der Waals surface area contributed by atoms with Crippen LogP contribution in [0.5, 0.6) is 17.4 Å². The number of aliphatic hydroxyl groups is 1. The van der Waals surface area contributed by atoms with Gasteiger partial charge in [0.25, 0.3) is 5.88 Å². The van der Waals surface area contributed by atoms with Gasteiger partial charge in [-0.1, -0.05) is 23.7 Å². The normalized spacial score (nSPS) is 11.3. The summed E-state index contributed by atoms with van der Waals surface area (Å²) in [6.07, 6.45) is 3.68. The van der Waals surface area contributed by atoms with Crippen LogP contribution in [0.4, 0.5) is 0 Å². The molecule has 164 valence electrons. The molecule has 1 heterocycles. The van der Waals surface area contributed by atoms with E-state index in [0.29, 0.717) is 35.2 Å². The summed E-state index contributed by atoms with van der Waals surface area (Å²) in [5.74, 6) is 0.920. The Balaban J connectivity index is 1.75. The van der Waals surface area contributed by atoms with Gasteiger partial charge in [0.1, 0.15) is 6.61 Å². The number of ether oxygens (including phenoxy) is 3. The molecule has 0 aliphatic carbocycles. The van der Waals surface area contributed by atoms with Gasteiger partial charge in [0.2, 0.25) is 0 Å². The summed E-state index contributed by atoms with van der Waals surface area (Å²) < 4.78 is 18.1. The molecule has 0 unspecified atom stereocenters. The zero-order chi connectivity index (χ0) is 22.4. The van der Waals surface area contributed by atoms with Crippen LogP contribution in [0.1, 0.15) is 19.4 Å². The van der Waals surface area contributed by atoms with Gasteiger partial charge >= 0.3 is 5.56 Å². The Morgan fingerprint density at radius 1 is 1.10 bits per heavy atom. The molecule has 31 heavy (non-hydrogen) atoms. The summed E-state index contributed by atoms with van der Waals surface area (Å²) in [6, 6.07) is 12.5. The summed E-state index contributed by atoms with van der Waals surface area (Å²) in [5.41, 5.74) is 0.254. The highest BCUT2D eigenvalue weighted by atomic mass is 35.5. The van der Waals surface area contributed by atoms with E-state index in [-0.39, 0.29) is 18.0 Å². The number of nitrogens with zero attached hydrogens (tertiary/aromatic N) is 2. The largest absolute Gasteiger partial charge is 0.493 e. The van der Waals surface area contributed by atoms with Crippen molar-refractivity contribution in [1.29, 1.82) is 0 Å². The average Bonchev–Trinajstić information content (AvgIpc) is 2.74. The molecule has 0 aliphatic rings. The molecule has 0 atom stereocenters. The van der Waals surface area contributed by atoms with Crippen LogP contribution in [0.25, 0.3) is 5.69 Å². The fourth-order valence-corrected chi connectivity index (χ4v) is 2.92. The highest BCUT2D eigenvalue weighted by Gasteiger charge is 2.16. The quantitative estimate of drug-likeness (QED) is 0.542. The SMILES string of the molecule is COc1cc(-n2ccnc(OCCc3ccc(Cl)cc3)c2=O)ccc1OCC(C)(C)O. The van der Waals surface area contributed by atoms with Crippen LogP contribution in [0.2, 0.25) is 5.02 Å². The van der Waals surface area contributed by atoms with E-state index in [9.17, 15) is 9.90 Å². The molecule has 1 aromatic heterocycles. The Kier molecular flexibility index (Phi) is 7.20. The maximum atomic E-state index is 12.9. The first kappa shape index (κ1) is 22.7. The van der Waals surface area contributed by atoms with Crippen LogP contribution in [-0.4, -0.2) is 40.6 Å². The zero-order valence-corrected chi connectivity index (χ0v) is 18.4. The van der Waals surface area contributed by atoms with Crippen molar-refractivity contribution in [3.8, 4) is 23.1 Å². The van der Waals surface area contributed by atoms with Crippen LogP contribution in [-0.2, 0) is 6.42 Å². The zero-order valence-electron chi connectivity index (χ0n) is 17.7. The van der Waals surface area contributed by atoms with Gasteiger partial charge < -0.3 is 19.3 Å². The number of methoxy groups -OCH3 is 1. The van der Waals surface area contributed by atoms with Gasteiger partial charge in [0, 0.05) is 29.9 Å². The van der Waals surface area contributed by atoms with E-state index in [1.165, 1.54) is 17.9 Å². The van der Waals surface area contributed by atoms with E-state index in [1.807, 2.05) is 24.3 Å². The maximum Gasteiger partial charge on any atom is 0.317 e. The molecular weight excluding hydrogens is 420 g/mol. The van der Waals surface area contributed by atoms with Gasteiger partial charge in [0.05, 0.1) is 25.0 Å². The third-order valence-corrected chi connectivity index (χ3v) is 4.61. The smallest absolute Gasteiger partial charge is 0.317 e. The first-order chi connectivity index (χ1) is 14.8. The van der Waals surface area contributed by atoms with E-state index in [1.54, 1.807) is 38.2 Å². The third kappa shape index (κ3) is 6.23. The van der Waals surface area contributed by atoms with Crippen LogP contribution in [0, 0.1) is 0 Å². The molecule has 0 amide bonds. The van der Waals surface area contributed by atoms with E-state index in [4.69, 9.17) is 25.8 Å². The van der Waals surface area contributed by atoms with Crippen molar-refractivity contribution in [1.82, 2.24) is 9.55 Å². The number of aromatic nitrogens is 2. The van der Waals surface area contributed by atoms with Crippen molar-refractivity contribution in [2.24, 2.45) is 0 Å². The summed E-state index contributed by atoms with van der Waals surface area (Å²) in [4.78, 5) is 16.9. The molecular formula is C23H25ClN2O5.